The summed E-state index contributed by atoms with van der Waals surface area (Å²) in [6.45, 7) is 0.0256. The van der Waals surface area contributed by atoms with Gasteiger partial charge in [-0.1, -0.05) is 54.6 Å². The smallest absolute Gasteiger partial charge is 0.326 e. The Bertz CT molecular complexity index is 744. The van der Waals surface area contributed by atoms with Gasteiger partial charge in [-0.2, -0.15) is 0 Å². The van der Waals surface area contributed by atoms with Gasteiger partial charge in [-0.05, 0) is 16.7 Å². The van der Waals surface area contributed by atoms with Crippen molar-refractivity contribution in [2.24, 2.45) is 11.1 Å². The molecule has 0 saturated heterocycles. The molecule has 0 heterocycles. The van der Waals surface area contributed by atoms with Crippen LogP contribution >= 0.6 is 0 Å². The quantitative estimate of drug-likeness (QED) is 0.666. The Hall–Kier alpha value is -2.66. The third-order valence-electron chi connectivity index (χ3n) is 4.35. The third-order valence-corrected chi connectivity index (χ3v) is 4.35. The number of aliphatic carboxylic acids is 1. The highest BCUT2D eigenvalue weighted by Gasteiger charge is 2.57. The van der Waals surface area contributed by atoms with Crippen LogP contribution < -0.4 is 5.73 Å². The third kappa shape index (κ3) is 2.49. The SMILES string of the molecule is NC1c2ccccc2CC1(C(=O)O)C(=O)OCc1ccccc1. The first-order valence-corrected chi connectivity index (χ1v) is 7.33. The Morgan fingerprint density at radius 2 is 1.78 bits per heavy atom. The highest BCUT2D eigenvalue weighted by atomic mass is 16.5. The van der Waals surface area contributed by atoms with Gasteiger partial charge in [-0.15, -0.1) is 0 Å². The molecule has 0 saturated carbocycles. The molecule has 0 fully saturated rings. The van der Waals surface area contributed by atoms with Gasteiger partial charge < -0.3 is 15.6 Å². The molecule has 0 spiro atoms. The summed E-state index contributed by atoms with van der Waals surface area (Å²) in [4.78, 5) is 24.5. The molecular formula is C18H17NO4. The lowest BCUT2D eigenvalue weighted by Crippen LogP contribution is -2.47. The molecule has 2 unspecified atom stereocenters. The van der Waals surface area contributed by atoms with Crippen LogP contribution in [0.3, 0.4) is 0 Å². The average Bonchev–Trinajstić information content (AvgIpc) is 2.88. The zero-order valence-electron chi connectivity index (χ0n) is 12.4. The van der Waals surface area contributed by atoms with Crippen molar-refractivity contribution in [1.82, 2.24) is 0 Å². The number of fused-ring (bicyclic) bond motifs is 1. The van der Waals surface area contributed by atoms with E-state index in [9.17, 15) is 14.7 Å². The van der Waals surface area contributed by atoms with Crippen molar-refractivity contribution < 1.29 is 19.4 Å². The second-order valence-electron chi connectivity index (χ2n) is 5.69. The molecule has 1 aliphatic rings. The minimum absolute atomic E-state index is 0.0256. The Morgan fingerprint density at radius 1 is 1.13 bits per heavy atom. The molecule has 2 aromatic rings. The summed E-state index contributed by atoms with van der Waals surface area (Å²) in [6, 6.07) is 15.4. The maximum Gasteiger partial charge on any atom is 0.326 e. The number of hydrogen-bond donors (Lipinski definition) is 2. The Morgan fingerprint density at radius 3 is 2.43 bits per heavy atom. The number of esters is 1. The van der Waals surface area contributed by atoms with Gasteiger partial charge in [-0.3, -0.25) is 9.59 Å². The van der Waals surface area contributed by atoms with Gasteiger partial charge in [0.15, 0.2) is 5.41 Å². The molecular weight excluding hydrogens is 294 g/mol. The molecule has 1 aliphatic carbocycles. The van der Waals surface area contributed by atoms with E-state index in [2.05, 4.69) is 0 Å². The van der Waals surface area contributed by atoms with Crippen molar-refractivity contribution >= 4 is 11.9 Å². The normalized spacial score (nSPS) is 22.4. The number of carboxylic acids is 1. The lowest BCUT2D eigenvalue weighted by molar-refractivity contribution is -0.171. The van der Waals surface area contributed by atoms with E-state index < -0.39 is 23.4 Å². The molecule has 3 rings (SSSR count). The maximum atomic E-state index is 12.6. The van der Waals surface area contributed by atoms with Crippen molar-refractivity contribution in [3.8, 4) is 0 Å². The molecule has 0 aromatic heterocycles. The number of carboxylic acid groups (broad SMARTS) is 1. The second-order valence-corrected chi connectivity index (χ2v) is 5.69. The van der Waals surface area contributed by atoms with Crippen LogP contribution in [-0.2, 0) is 27.4 Å². The van der Waals surface area contributed by atoms with Crippen molar-refractivity contribution in [3.05, 3.63) is 71.3 Å². The molecule has 0 bridgehead atoms. The summed E-state index contributed by atoms with van der Waals surface area (Å²) < 4.78 is 5.28. The summed E-state index contributed by atoms with van der Waals surface area (Å²) in [5.74, 6) is -2.04. The van der Waals surface area contributed by atoms with Gasteiger partial charge >= 0.3 is 11.9 Å². The zero-order chi connectivity index (χ0) is 16.4. The topological polar surface area (TPSA) is 89.6 Å². The summed E-state index contributed by atoms with van der Waals surface area (Å²) in [5.41, 5.74) is 6.61. The van der Waals surface area contributed by atoms with Crippen LogP contribution in [0.4, 0.5) is 0 Å². The van der Waals surface area contributed by atoms with Crippen LogP contribution in [0.25, 0.3) is 0 Å². The molecule has 5 nitrogen and oxygen atoms in total. The van der Waals surface area contributed by atoms with E-state index in [0.717, 1.165) is 11.1 Å². The van der Waals surface area contributed by atoms with Crippen molar-refractivity contribution in [1.29, 1.82) is 0 Å². The molecule has 0 aliphatic heterocycles. The van der Waals surface area contributed by atoms with E-state index >= 15 is 0 Å². The Kier molecular flexibility index (Phi) is 3.88. The van der Waals surface area contributed by atoms with Gasteiger partial charge in [0.05, 0.1) is 6.04 Å². The number of nitrogens with two attached hydrogens (primary N) is 1. The average molecular weight is 311 g/mol. The van der Waals surface area contributed by atoms with Crippen LogP contribution in [0.2, 0.25) is 0 Å². The summed E-state index contributed by atoms with van der Waals surface area (Å²) in [7, 11) is 0. The molecule has 5 heteroatoms. The summed E-state index contributed by atoms with van der Waals surface area (Å²) in [5, 5.41) is 9.69. The predicted molar refractivity (Wildman–Crippen MR) is 83.4 cm³/mol. The van der Waals surface area contributed by atoms with Gasteiger partial charge in [0.2, 0.25) is 0 Å². The molecule has 23 heavy (non-hydrogen) atoms. The highest BCUT2D eigenvalue weighted by molar-refractivity contribution is 6.01. The summed E-state index contributed by atoms with van der Waals surface area (Å²) >= 11 is 0. The van der Waals surface area contributed by atoms with Gasteiger partial charge in [-0.25, -0.2) is 0 Å². The minimum Gasteiger partial charge on any atom is -0.480 e. The standard InChI is InChI=1S/C18H17NO4/c19-15-14-9-5-4-8-13(14)10-18(15,16(20)21)17(22)23-11-12-6-2-1-3-7-12/h1-9,15H,10-11,19H2,(H,20,21). The zero-order valence-corrected chi connectivity index (χ0v) is 12.4. The van der Waals surface area contributed by atoms with Crippen molar-refractivity contribution in [3.63, 3.8) is 0 Å². The van der Waals surface area contributed by atoms with E-state index in [-0.39, 0.29) is 13.0 Å². The molecule has 118 valence electrons. The monoisotopic (exact) mass is 311 g/mol. The van der Waals surface area contributed by atoms with Crippen LogP contribution in [0.5, 0.6) is 0 Å². The van der Waals surface area contributed by atoms with Crippen LogP contribution in [0.15, 0.2) is 54.6 Å². The first kappa shape index (κ1) is 15.2. The lowest BCUT2D eigenvalue weighted by Gasteiger charge is -2.26. The van der Waals surface area contributed by atoms with Crippen molar-refractivity contribution in [2.45, 2.75) is 19.1 Å². The van der Waals surface area contributed by atoms with E-state index in [1.165, 1.54) is 0 Å². The second kappa shape index (κ2) is 5.85. The first-order chi connectivity index (χ1) is 11.1. The fraction of sp³-hybridized carbons (Fsp3) is 0.222. The molecule has 0 radical (unpaired) electrons. The number of benzene rings is 2. The van der Waals surface area contributed by atoms with Gasteiger partial charge in [0.25, 0.3) is 0 Å². The van der Waals surface area contributed by atoms with Gasteiger partial charge in [0, 0.05) is 6.42 Å². The maximum absolute atomic E-state index is 12.6. The molecule has 0 amide bonds. The summed E-state index contributed by atoms with van der Waals surface area (Å²) in [6.07, 6.45) is 0.0489. The molecule has 2 atom stereocenters. The highest BCUT2D eigenvalue weighted by Crippen LogP contribution is 2.45. The van der Waals surface area contributed by atoms with E-state index in [0.29, 0.717) is 5.56 Å². The number of ether oxygens (including phenoxy) is 1. The number of carbonyl (C=O) groups excluding carboxylic acids is 1. The molecule has 3 N–H and O–H groups in total. The number of rotatable bonds is 4. The van der Waals surface area contributed by atoms with Crippen molar-refractivity contribution in [2.75, 3.05) is 0 Å². The van der Waals surface area contributed by atoms with E-state index in [1.54, 1.807) is 24.3 Å². The fourth-order valence-corrected chi connectivity index (χ4v) is 3.02. The van der Waals surface area contributed by atoms with Gasteiger partial charge in [0.1, 0.15) is 6.61 Å². The Balaban J connectivity index is 1.85. The van der Waals surface area contributed by atoms with Crippen LogP contribution in [0.1, 0.15) is 22.7 Å². The molecule has 2 aromatic carbocycles. The van der Waals surface area contributed by atoms with Crippen LogP contribution in [-0.4, -0.2) is 17.0 Å². The number of carbonyl (C=O) groups is 2. The van der Waals surface area contributed by atoms with E-state index in [4.69, 9.17) is 10.5 Å². The minimum atomic E-state index is -1.77. The fourth-order valence-electron chi connectivity index (χ4n) is 3.02. The van der Waals surface area contributed by atoms with E-state index in [1.807, 2.05) is 30.3 Å². The lowest BCUT2D eigenvalue weighted by atomic mass is 9.81. The number of hydrogen-bond acceptors (Lipinski definition) is 4. The largest absolute Gasteiger partial charge is 0.480 e. The Labute approximate surface area is 133 Å². The predicted octanol–water partition coefficient (Wildman–Crippen LogP) is 2.06. The van der Waals surface area contributed by atoms with Crippen LogP contribution in [0, 0.1) is 5.41 Å². The first-order valence-electron chi connectivity index (χ1n) is 7.33.